The van der Waals surface area contributed by atoms with Gasteiger partial charge in [0.15, 0.2) is 5.82 Å². The Labute approximate surface area is 174 Å². The minimum atomic E-state index is 0.760. The van der Waals surface area contributed by atoms with Crippen LogP contribution in [0.2, 0.25) is 0 Å². The molecule has 1 aliphatic rings. The second-order valence-corrected chi connectivity index (χ2v) is 8.43. The number of benzene rings is 1. The van der Waals surface area contributed by atoms with E-state index in [0.717, 1.165) is 48.1 Å². The van der Waals surface area contributed by atoms with Crippen molar-refractivity contribution in [3.63, 3.8) is 0 Å². The lowest BCUT2D eigenvalue weighted by Crippen LogP contribution is -2.30. The van der Waals surface area contributed by atoms with Gasteiger partial charge >= 0.3 is 0 Å². The molecule has 3 aromatic heterocycles. The summed E-state index contributed by atoms with van der Waals surface area (Å²) in [6.45, 7) is 4.92. The number of nitrogens with zero attached hydrogens (tertiary/aromatic N) is 5. The van der Waals surface area contributed by atoms with Crippen LogP contribution >= 0.6 is 11.3 Å². The van der Waals surface area contributed by atoms with E-state index < -0.39 is 0 Å². The first-order chi connectivity index (χ1) is 14.3. The quantitative estimate of drug-likeness (QED) is 0.505. The van der Waals surface area contributed by atoms with Crippen molar-refractivity contribution in [3.8, 4) is 22.0 Å². The van der Waals surface area contributed by atoms with Gasteiger partial charge in [0, 0.05) is 72.4 Å². The first-order valence-electron chi connectivity index (χ1n) is 9.74. The summed E-state index contributed by atoms with van der Waals surface area (Å²) in [5.74, 6) is 0.760. The van der Waals surface area contributed by atoms with E-state index in [-0.39, 0.29) is 0 Å². The van der Waals surface area contributed by atoms with Crippen LogP contribution in [0.25, 0.3) is 22.0 Å². The van der Waals surface area contributed by atoms with E-state index in [9.17, 15) is 0 Å². The van der Waals surface area contributed by atoms with Crippen LogP contribution in [0.15, 0.2) is 61.2 Å². The van der Waals surface area contributed by atoms with Crippen molar-refractivity contribution >= 4 is 11.3 Å². The van der Waals surface area contributed by atoms with Gasteiger partial charge < -0.3 is 0 Å². The molecule has 0 saturated carbocycles. The third kappa shape index (κ3) is 3.81. The fraction of sp³-hybridized carbons (Fsp3) is 0.217. The van der Waals surface area contributed by atoms with Crippen LogP contribution in [0.5, 0.6) is 0 Å². The lowest BCUT2D eigenvalue weighted by atomic mass is 10.1. The van der Waals surface area contributed by atoms with Crippen LogP contribution in [-0.4, -0.2) is 31.4 Å². The molecule has 0 N–H and O–H groups in total. The molecule has 4 heterocycles. The van der Waals surface area contributed by atoms with E-state index >= 15 is 0 Å². The molecule has 5 nitrogen and oxygen atoms in total. The van der Waals surface area contributed by atoms with Gasteiger partial charge in [-0.05, 0) is 24.6 Å². The maximum Gasteiger partial charge on any atom is 0.160 e. The van der Waals surface area contributed by atoms with E-state index in [1.54, 1.807) is 17.5 Å². The van der Waals surface area contributed by atoms with Crippen molar-refractivity contribution in [2.75, 3.05) is 6.54 Å². The van der Waals surface area contributed by atoms with Crippen molar-refractivity contribution in [1.82, 2.24) is 24.8 Å². The minimum absolute atomic E-state index is 0.760. The number of aromatic nitrogens is 4. The van der Waals surface area contributed by atoms with E-state index in [4.69, 9.17) is 4.98 Å². The molecule has 0 aliphatic carbocycles. The SMILES string of the molecule is Cc1ccccc1-c1ncc(CN2CCc3nc(-c4cccnc4)ncc3C2)s1. The third-order valence-corrected chi connectivity index (χ3v) is 6.26. The van der Waals surface area contributed by atoms with Gasteiger partial charge in [0.05, 0.1) is 5.69 Å². The molecule has 29 heavy (non-hydrogen) atoms. The van der Waals surface area contributed by atoms with Crippen LogP contribution in [-0.2, 0) is 19.5 Å². The minimum Gasteiger partial charge on any atom is -0.293 e. The number of thiazole rings is 1. The highest BCUT2D eigenvalue weighted by Crippen LogP contribution is 2.29. The van der Waals surface area contributed by atoms with Gasteiger partial charge in [0.25, 0.3) is 0 Å². The van der Waals surface area contributed by atoms with Crippen LogP contribution in [0.4, 0.5) is 0 Å². The molecule has 4 aromatic rings. The van der Waals surface area contributed by atoms with Crippen molar-refractivity contribution in [2.45, 2.75) is 26.4 Å². The third-order valence-electron chi connectivity index (χ3n) is 5.24. The Hall–Kier alpha value is -2.96. The highest BCUT2D eigenvalue weighted by atomic mass is 32.1. The lowest BCUT2D eigenvalue weighted by molar-refractivity contribution is 0.245. The molecule has 0 amide bonds. The Balaban J connectivity index is 1.30. The number of hydrogen-bond donors (Lipinski definition) is 0. The van der Waals surface area contributed by atoms with Gasteiger partial charge in [0.2, 0.25) is 0 Å². The molecule has 1 aromatic carbocycles. The molecule has 5 rings (SSSR count). The van der Waals surface area contributed by atoms with Gasteiger partial charge in [0.1, 0.15) is 5.01 Å². The van der Waals surface area contributed by atoms with Crippen molar-refractivity contribution < 1.29 is 0 Å². The van der Waals surface area contributed by atoms with E-state index in [2.05, 4.69) is 51.0 Å². The van der Waals surface area contributed by atoms with Gasteiger partial charge in [-0.25, -0.2) is 15.0 Å². The zero-order valence-corrected chi connectivity index (χ0v) is 17.1. The van der Waals surface area contributed by atoms with Crippen LogP contribution in [0.1, 0.15) is 21.7 Å². The fourth-order valence-corrected chi connectivity index (χ4v) is 4.73. The van der Waals surface area contributed by atoms with Crippen molar-refractivity contribution in [1.29, 1.82) is 0 Å². The largest absolute Gasteiger partial charge is 0.293 e. The number of rotatable bonds is 4. The first kappa shape index (κ1) is 18.1. The zero-order valence-electron chi connectivity index (χ0n) is 16.2. The molecule has 1 aliphatic heterocycles. The molecule has 0 radical (unpaired) electrons. The summed E-state index contributed by atoms with van der Waals surface area (Å²) in [7, 11) is 0. The van der Waals surface area contributed by atoms with E-state index in [1.807, 2.05) is 30.7 Å². The van der Waals surface area contributed by atoms with Gasteiger partial charge in [-0.15, -0.1) is 11.3 Å². The highest BCUT2D eigenvalue weighted by molar-refractivity contribution is 7.15. The van der Waals surface area contributed by atoms with Gasteiger partial charge in [-0.1, -0.05) is 24.3 Å². The van der Waals surface area contributed by atoms with E-state index in [1.165, 1.54) is 21.6 Å². The summed E-state index contributed by atoms with van der Waals surface area (Å²) in [5.41, 5.74) is 5.82. The summed E-state index contributed by atoms with van der Waals surface area (Å²) in [6, 6.07) is 12.3. The monoisotopic (exact) mass is 399 g/mol. The Kier molecular flexibility index (Phi) is 4.87. The average Bonchev–Trinajstić information content (AvgIpc) is 3.22. The topological polar surface area (TPSA) is 54.8 Å². The second kappa shape index (κ2) is 7.81. The molecular formula is C23H21N5S. The van der Waals surface area contributed by atoms with Gasteiger partial charge in [-0.3, -0.25) is 9.88 Å². The Morgan fingerprint density at radius 1 is 1.03 bits per heavy atom. The molecule has 0 unspecified atom stereocenters. The molecule has 0 fully saturated rings. The Morgan fingerprint density at radius 2 is 1.97 bits per heavy atom. The Morgan fingerprint density at radius 3 is 2.83 bits per heavy atom. The van der Waals surface area contributed by atoms with Crippen LogP contribution in [0, 0.1) is 6.92 Å². The predicted molar refractivity (Wildman–Crippen MR) is 115 cm³/mol. The van der Waals surface area contributed by atoms with Crippen LogP contribution < -0.4 is 0 Å². The molecule has 0 atom stereocenters. The predicted octanol–water partition coefficient (Wildman–Crippen LogP) is 4.53. The molecule has 0 saturated heterocycles. The average molecular weight is 400 g/mol. The van der Waals surface area contributed by atoms with Crippen LogP contribution in [0.3, 0.4) is 0 Å². The molecule has 144 valence electrons. The molecule has 0 bridgehead atoms. The fourth-order valence-electron chi connectivity index (χ4n) is 3.68. The summed E-state index contributed by atoms with van der Waals surface area (Å²) in [4.78, 5) is 21.9. The second-order valence-electron chi connectivity index (χ2n) is 7.31. The van der Waals surface area contributed by atoms with Crippen molar-refractivity contribution in [2.24, 2.45) is 0 Å². The maximum atomic E-state index is 4.79. The summed E-state index contributed by atoms with van der Waals surface area (Å²) < 4.78 is 0. The van der Waals surface area contributed by atoms with E-state index in [0.29, 0.717) is 0 Å². The van der Waals surface area contributed by atoms with Crippen molar-refractivity contribution in [3.05, 3.63) is 82.9 Å². The molecule has 0 spiro atoms. The number of pyridine rings is 1. The smallest absolute Gasteiger partial charge is 0.160 e. The normalized spacial score (nSPS) is 14.0. The van der Waals surface area contributed by atoms with Gasteiger partial charge in [-0.2, -0.15) is 0 Å². The lowest BCUT2D eigenvalue weighted by Gasteiger charge is -2.27. The Bertz CT molecular complexity index is 1140. The summed E-state index contributed by atoms with van der Waals surface area (Å²) in [5, 5.41) is 1.10. The number of aryl methyl sites for hydroxylation is 1. The maximum absolute atomic E-state index is 4.79. The summed E-state index contributed by atoms with van der Waals surface area (Å²) in [6.07, 6.45) is 8.51. The molecule has 6 heteroatoms. The number of fused-ring (bicyclic) bond motifs is 1. The first-order valence-corrected chi connectivity index (χ1v) is 10.6. The standard InChI is InChI=1S/C23H21N5S/c1-16-5-2-3-7-20(16)23-26-13-19(29-23)15-28-10-8-21-18(14-28)12-25-22(27-21)17-6-4-9-24-11-17/h2-7,9,11-13H,8,10,14-15H2,1H3. The highest BCUT2D eigenvalue weighted by Gasteiger charge is 2.20. The zero-order chi connectivity index (χ0) is 19.6. The number of hydrogen-bond acceptors (Lipinski definition) is 6. The summed E-state index contributed by atoms with van der Waals surface area (Å²) >= 11 is 1.78. The molecular weight excluding hydrogens is 378 g/mol.